The van der Waals surface area contributed by atoms with Gasteiger partial charge in [0.2, 0.25) is 0 Å². The normalized spacial score (nSPS) is 11.8. The van der Waals surface area contributed by atoms with Crippen molar-refractivity contribution in [1.82, 2.24) is 0 Å². The molecule has 6 heteroatoms. The van der Waals surface area contributed by atoms with Crippen LogP contribution < -0.4 is 9.47 Å². The first kappa shape index (κ1) is 31.3. The number of carbonyl (C=O) groups is 2. The molecule has 0 aromatic heterocycles. The van der Waals surface area contributed by atoms with E-state index in [9.17, 15) is 14.0 Å². The van der Waals surface area contributed by atoms with E-state index in [1.54, 1.807) is 26.0 Å². The standard InChI is InChI=1S/C34H40ClFO4/c1-4-5-6-7-8-9-10-11-12-25-13-15-26(16-14-25)27-17-20-29(21-18-27)39-33(37)28-19-22-31(30(36)23-28)40-34(38)32(35)24(2)3/h13-24,32H,4-12H2,1-3H3. The lowest BCUT2D eigenvalue weighted by Gasteiger charge is -2.13. The van der Waals surface area contributed by atoms with Crippen LogP contribution in [0, 0.1) is 11.7 Å². The first-order valence-electron chi connectivity index (χ1n) is 14.4. The molecule has 0 saturated carbocycles. The number of rotatable bonds is 15. The van der Waals surface area contributed by atoms with Gasteiger partial charge in [-0.15, -0.1) is 11.6 Å². The summed E-state index contributed by atoms with van der Waals surface area (Å²) in [6.07, 6.45) is 11.6. The molecule has 1 unspecified atom stereocenters. The topological polar surface area (TPSA) is 52.6 Å². The van der Waals surface area contributed by atoms with Crippen LogP contribution in [0.25, 0.3) is 11.1 Å². The Balaban J connectivity index is 1.49. The van der Waals surface area contributed by atoms with E-state index in [1.807, 2.05) is 12.1 Å². The van der Waals surface area contributed by atoms with E-state index in [4.69, 9.17) is 21.1 Å². The lowest BCUT2D eigenvalue weighted by Crippen LogP contribution is -2.25. The van der Waals surface area contributed by atoms with Crippen molar-refractivity contribution in [3.8, 4) is 22.6 Å². The number of unbranched alkanes of at least 4 members (excludes halogenated alkanes) is 7. The lowest BCUT2D eigenvalue weighted by atomic mass is 10.0. The number of ether oxygens (including phenoxy) is 2. The zero-order valence-electron chi connectivity index (χ0n) is 23.8. The minimum absolute atomic E-state index is 0.000240. The van der Waals surface area contributed by atoms with Crippen molar-refractivity contribution in [2.75, 3.05) is 0 Å². The molecule has 0 heterocycles. The summed E-state index contributed by atoms with van der Waals surface area (Å²) in [6, 6.07) is 19.3. The van der Waals surface area contributed by atoms with Gasteiger partial charge >= 0.3 is 11.9 Å². The Kier molecular flexibility index (Phi) is 12.7. The Hall–Kier alpha value is -3.18. The van der Waals surface area contributed by atoms with Gasteiger partial charge in [-0.05, 0) is 65.8 Å². The van der Waals surface area contributed by atoms with Gasteiger partial charge in [0.15, 0.2) is 11.6 Å². The van der Waals surface area contributed by atoms with E-state index in [1.165, 1.54) is 69.1 Å². The molecule has 0 radical (unpaired) electrons. The average Bonchev–Trinajstić information content (AvgIpc) is 2.95. The van der Waals surface area contributed by atoms with E-state index in [0.717, 1.165) is 23.6 Å². The van der Waals surface area contributed by atoms with Crippen LogP contribution in [0.4, 0.5) is 4.39 Å². The fourth-order valence-electron chi connectivity index (χ4n) is 4.36. The molecule has 0 amide bonds. The maximum Gasteiger partial charge on any atom is 0.343 e. The molecule has 3 rings (SSSR count). The number of benzene rings is 3. The SMILES string of the molecule is CCCCCCCCCCc1ccc(-c2ccc(OC(=O)c3ccc(OC(=O)C(Cl)C(C)C)c(F)c3)cc2)cc1. The average molecular weight is 567 g/mol. The van der Waals surface area contributed by atoms with Crippen molar-refractivity contribution in [1.29, 1.82) is 0 Å². The fourth-order valence-corrected chi connectivity index (χ4v) is 4.40. The van der Waals surface area contributed by atoms with Gasteiger partial charge in [0, 0.05) is 0 Å². The zero-order chi connectivity index (χ0) is 28.9. The third-order valence-corrected chi connectivity index (χ3v) is 7.54. The van der Waals surface area contributed by atoms with Crippen LogP contribution in [0.5, 0.6) is 11.5 Å². The van der Waals surface area contributed by atoms with E-state index < -0.39 is 23.1 Å². The second kappa shape index (κ2) is 16.2. The number of halogens is 2. The monoisotopic (exact) mass is 566 g/mol. The van der Waals surface area contributed by atoms with Crippen molar-refractivity contribution in [2.24, 2.45) is 5.92 Å². The second-order valence-electron chi connectivity index (χ2n) is 10.5. The molecular formula is C34H40ClFO4. The van der Waals surface area contributed by atoms with Crippen LogP contribution in [0.2, 0.25) is 0 Å². The molecule has 0 saturated heterocycles. The van der Waals surface area contributed by atoms with Crippen LogP contribution in [0.1, 0.15) is 88.1 Å². The maximum atomic E-state index is 14.5. The van der Waals surface area contributed by atoms with Crippen LogP contribution in [0.15, 0.2) is 66.7 Å². The van der Waals surface area contributed by atoms with Crippen molar-refractivity contribution in [3.63, 3.8) is 0 Å². The third kappa shape index (κ3) is 9.78. The predicted octanol–water partition coefficient (Wildman–Crippen LogP) is 9.56. The Morgan fingerprint density at radius 1 is 0.775 bits per heavy atom. The first-order valence-corrected chi connectivity index (χ1v) is 14.8. The number of alkyl halides is 1. The van der Waals surface area contributed by atoms with Gasteiger partial charge in [-0.25, -0.2) is 9.18 Å². The van der Waals surface area contributed by atoms with Gasteiger partial charge in [-0.1, -0.05) is 102 Å². The van der Waals surface area contributed by atoms with Gasteiger partial charge in [0.1, 0.15) is 11.1 Å². The molecule has 0 aliphatic rings. The summed E-state index contributed by atoms with van der Waals surface area (Å²) in [5, 5.41) is -0.898. The van der Waals surface area contributed by atoms with E-state index in [2.05, 4.69) is 31.2 Å². The highest BCUT2D eigenvalue weighted by Crippen LogP contribution is 2.25. The Labute approximate surface area is 242 Å². The summed E-state index contributed by atoms with van der Waals surface area (Å²) in [5.41, 5.74) is 3.44. The van der Waals surface area contributed by atoms with Gasteiger partial charge in [-0.3, -0.25) is 4.79 Å². The minimum atomic E-state index is -0.898. The molecule has 4 nitrogen and oxygen atoms in total. The van der Waals surface area contributed by atoms with Gasteiger partial charge in [-0.2, -0.15) is 0 Å². The van der Waals surface area contributed by atoms with Crippen molar-refractivity contribution in [2.45, 2.75) is 83.9 Å². The second-order valence-corrected chi connectivity index (χ2v) is 11.0. The van der Waals surface area contributed by atoms with E-state index >= 15 is 0 Å². The fraction of sp³-hybridized carbons (Fsp3) is 0.412. The highest BCUT2D eigenvalue weighted by Gasteiger charge is 2.23. The minimum Gasteiger partial charge on any atom is -0.423 e. The Morgan fingerprint density at radius 2 is 1.35 bits per heavy atom. The van der Waals surface area contributed by atoms with Crippen molar-refractivity contribution < 1.29 is 23.5 Å². The van der Waals surface area contributed by atoms with Crippen LogP contribution in [-0.2, 0) is 11.2 Å². The molecule has 0 fully saturated rings. The highest BCUT2D eigenvalue weighted by molar-refractivity contribution is 6.30. The summed E-state index contributed by atoms with van der Waals surface area (Å²) in [5.74, 6) is -2.42. The molecule has 214 valence electrons. The summed E-state index contributed by atoms with van der Waals surface area (Å²) in [7, 11) is 0. The van der Waals surface area contributed by atoms with Gasteiger partial charge in [0.05, 0.1) is 5.56 Å². The van der Waals surface area contributed by atoms with Crippen LogP contribution in [-0.4, -0.2) is 17.3 Å². The largest absolute Gasteiger partial charge is 0.423 e. The summed E-state index contributed by atoms with van der Waals surface area (Å²) < 4.78 is 24.9. The lowest BCUT2D eigenvalue weighted by molar-refractivity contribution is -0.134. The van der Waals surface area contributed by atoms with E-state index in [0.29, 0.717) is 5.75 Å². The molecule has 0 aliphatic carbocycles. The van der Waals surface area contributed by atoms with Crippen LogP contribution in [0.3, 0.4) is 0 Å². The van der Waals surface area contributed by atoms with Gasteiger partial charge < -0.3 is 9.47 Å². The predicted molar refractivity (Wildman–Crippen MR) is 160 cm³/mol. The summed E-state index contributed by atoms with van der Waals surface area (Å²) in [6.45, 7) is 5.77. The third-order valence-electron chi connectivity index (χ3n) is 6.86. The first-order chi connectivity index (χ1) is 19.3. The molecule has 3 aromatic carbocycles. The molecule has 0 aliphatic heterocycles. The number of aryl methyl sites for hydroxylation is 1. The molecule has 0 bridgehead atoms. The molecular weight excluding hydrogens is 527 g/mol. The maximum absolute atomic E-state index is 14.5. The zero-order valence-corrected chi connectivity index (χ0v) is 24.5. The molecule has 0 spiro atoms. The highest BCUT2D eigenvalue weighted by atomic mass is 35.5. The Bertz CT molecular complexity index is 1220. The van der Waals surface area contributed by atoms with Crippen molar-refractivity contribution in [3.05, 3.63) is 83.7 Å². The molecule has 40 heavy (non-hydrogen) atoms. The summed E-state index contributed by atoms with van der Waals surface area (Å²) in [4.78, 5) is 24.6. The molecule has 1 atom stereocenters. The number of esters is 2. The smallest absolute Gasteiger partial charge is 0.343 e. The number of hydrogen-bond donors (Lipinski definition) is 0. The number of hydrogen-bond acceptors (Lipinski definition) is 4. The quantitative estimate of drug-likeness (QED) is 0.0795. The van der Waals surface area contributed by atoms with Gasteiger partial charge in [0.25, 0.3) is 0 Å². The molecule has 0 N–H and O–H groups in total. The van der Waals surface area contributed by atoms with Crippen molar-refractivity contribution >= 4 is 23.5 Å². The van der Waals surface area contributed by atoms with Crippen LogP contribution >= 0.6 is 11.6 Å². The molecule has 3 aromatic rings. The van der Waals surface area contributed by atoms with E-state index in [-0.39, 0.29) is 17.2 Å². The number of carbonyl (C=O) groups excluding carboxylic acids is 2. The summed E-state index contributed by atoms with van der Waals surface area (Å²) >= 11 is 5.97. The Morgan fingerprint density at radius 3 is 1.93 bits per heavy atom.